The Morgan fingerprint density at radius 1 is 1.00 bits per heavy atom. The van der Waals surface area contributed by atoms with Crippen molar-refractivity contribution in [1.82, 2.24) is 40.0 Å². The van der Waals surface area contributed by atoms with E-state index in [2.05, 4.69) is 40.3 Å². The Labute approximate surface area is 217 Å². The summed E-state index contributed by atoms with van der Waals surface area (Å²) in [6.07, 6.45) is 6.75. The van der Waals surface area contributed by atoms with E-state index in [9.17, 15) is 4.39 Å². The number of hydrogen-bond donors (Lipinski definition) is 4. The van der Waals surface area contributed by atoms with Crippen LogP contribution in [0.25, 0.3) is 56.0 Å². The van der Waals surface area contributed by atoms with Gasteiger partial charge in [-0.05, 0) is 50.5 Å². The average molecular weight is 509 g/mol. The summed E-state index contributed by atoms with van der Waals surface area (Å²) >= 11 is 0. The molecule has 0 bridgehead atoms. The standard InChI is InChI=1S/C27H25FN10/c1-38(2)6-5-31-20-9-15(7-18(28)11-20)23-25-22(3-4-32-23)34-27(35-25)24-21-10-17(13-33-26(21)37-36-24)16-8-19(29)14-30-12-16/h3-4,7-14,31H,5-6,29H2,1-2H3,(H,34,35)(H,33,36,37). The normalized spacial score (nSPS) is 11.6. The summed E-state index contributed by atoms with van der Waals surface area (Å²) in [7, 11) is 3.99. The van der Waals surface area contributed by atoms with E-state index in [1.54, 1.807) is 24.8 Å². The first-order valence-electron chi connectivity index (χ1n) is 12.0. The predicted octanol–water partition coefficient (Wildman–Crippen LogP) is 4.32. The van der Waals surface area contributed by atoms with Gasteiger partial charge in [-0.15, -0.1) is 0 Å². The smallest absolute Gasteiger partial charge is 0.181 e. The summed E-state index contributed by atoms with van der Waals surface area (Å²) in [6.45, 7) is 1.51. The molecule has 0 aliphatic heterocycles. The summed E-state index contributed by atoms with van der Waals surface area (Å²) in [5.74, 6) is 0.223. The van der Waals surface area contributed by atoms with Crippen LogP contribution in [0.3, 0.4) is 0 Å². The van der Waals surface area contributed by atoms with Gasteiger partial charge in [-0.1, -0.05) is 0 Å². The molecule has 6 rings (SSSR count). The van der Waals surface area contributed by atoms with Gasteiger partial charge < -0.3 is 20.9 Å². The van der Waals surface area contributed by atoms with Crippen molar-refractivity contribution in [3.8, 4) is 33.9 Å². The molecule has 5 heterocycles. The number of fused-ring (bicyclic) bond motifs is 2. The zero-order valence-corrected chi connectivity index (χ0v) is 20.8. The number of aromatic nitrogens is 7. The van der Waals surface area contributed by atoms with Crippen molar-refractivity contribution in [3.05, 3.63) is 67.0 Å². The number of rotatable bonds is 7. The number of aromatic amines is 2. The van der Waals surface area contributed by atoms with Crippen LogP contribution >= 0.6 is 0 Å². The van der Waals surface area contributed by atoms with Crippen LogP contribution in [0, 0.1) is 5.82 Å². The average Bonchev–Trinajstić information content (AvgIpc) is 3.51. The molecule has 1 aromatic carbocycles. The van der Waals surface area contributed by atoms with Gasteiger partial charge in [-0.3, -0.25) is 15.1 Å². The van der Waals surface area contributed by atoms with E-state index in [0.29, 0.717) is 51.9 Å². The molecule has 0 unspecified atom stereocenters. The van der Waals surface area contributed by atoms with E-state index in [1.165, 1.54) is 12.1 Å². The zero-order chi connectivity index (χ0) is 26.2. The molecule has 5 aromatic heterocycles. The van der Waals surface area contributed by atoms with E-state index < -0.39 is 0 Å². The summed E-state index contributed by atoms with van der Waals surface area (Å²) in [4.78, 5) is 23.5. The third-order valence-electron chi connectivity index (χ3n) is 6.20. The van der Waals surface area contributed by atoms with Gasteiger partial charge in [0, 0.05) is 60.3 Å². The Morgan fingerprint density at radius 2 is 1.87 bits per heavy atom. The van der Waals surface area contributed by atoms with Crippen LogP contribution in [-0.4, -0.2) is 67.2 Å². The van der Waals surface area contributed by atoms with E-state index >= 15 is 0 Å². The Balaban J connectivity index is 1.40. The second-order valence-electron chi connectivity index (χ2n) is 9.30. The summed E-state index contributed by atoms with van der Waals surface area (Å²) in [6, 6.07) is 10.5. The number of nitrogens with two attached hydrogens (primary N) is 1. The number of halogens is 1. The van der Waals surface area contributed by atoms with Gasteiger partial charge in [0.2, 0.25) is 0 Å². The van der Waals surface area contributed by atoms with Crippen LogP contribution in [0.15, 0.2) is 61.2 Å². The number of nitrogen functional groups attached to an aromatic ring is 1. The number of pyridine rings is 3. The van der Waals surface area contributed by atoms with Crippen LogP contribution in [0.4, 0.5) is 15.8 Å². The maximum atomic E-state index is 14.6. The molecule has 0 aliphatic rings. The van der Waals surface area contributed by atoms with Crippen molar-refractivity contribution in [3.63, 3.8) is 0 Å². The molecule has 0 saturated carbocycles. The Bertz CT molecular complexity index is 1770. The van der Waals surface area contributed by atoms with Crippen molar-refractivity contribution >= 4 is 33.4 Å². The summed E-state index contributed by atoms with van der Waals surface area (Å²) in [5, 5.41) is 11.5. The molecular formula is C27H25FN10. The third-order valence-corrected chi connectivity index (χ3v) is 6.20. The molecule has 0 radical (unpaired) electrons. The number of nitrogens with zero attached hydrogens (tertiary/aromatic N) is 6. The second kappa shape index (κ2) is 9.52. The number of likely N-dealkylation sites (N-methyl/N-ethyl adjacent to an activating group) is 1. The first-order valence-corrected chi connectivity index (χ1v) is 12.0. The van der Waals surface area contributed by atoms with Crippen molar-refractivity contribution < 1.29 is 4.39 Å². The summed E-state index contributed by atoms with van der Waals surface area (Å²) in [5.41, 5.74) is 12.7. The van der Waals surface area contributed by atoms with Gasteiger partial charge in [-0.2, -0.15) is 5.10 Å². The lowest BCUT2D eigenvalue weighted by molar-refractivity contribution is 0.425. The SMILES string of the molecule is CN(C)CCNc1cc(F)cc(-c2nccc3[nH]c(-c4[nH]nc5ncc(-c6cncc(N)c6)cc45)nc23)c1. The first-order chi connectivity index (χ1) is 18.4. The van der Waals surface area contributed by atoms with E-state index in [4.69, 9.17) is 10.7 Å². The molecular weight excluding hydrogens is 483 g/mol. The first kappa shape index (κ1) is 23.5. The number of benzene rings is 1. The highest BCUT2D eigenvalue weighted by Gasteiger charge is 2.17. The highest BCUT2D eigenvalue weighted by atomic mass is 19.1. The lowest BCUT2D eigenvalue weighted by atomic mass is 10.1. The highest BCUT2D eigenvalue weighted by molar-refractivity contribution is 5.96. The number of H-pyrrole nitrogens is 2. The fourth-order valence-corrected chi connectivity index (χ4v) is 4.37. The van der Waals surface area contributed by atoms with Gasteiger partial charge >= 0.3 is 0 Å². The highest BCUT2D eigenvalue weighted by Crippen LogP contribution is 2.32. The number of nitrogens with one attached hydrogen (secondary N) is 3. The molecule has 0 saturated heterocycles. The Morgan fingerprint density at radius 3 is 2.71 bits per heavy atom. The molecule has 190 valence electrons. The fraction of sp³-hybridized carbons (Fsp3) is 0.148. The molecule has 0 aliphatic carbocycles. The zero-order valence-electron chi connectivity index (χ0n) is 20.8. The van der Waals surface area contributed by atoms with Crippen LogP contribution in [-0.2, 0) is 0 Å². The molecule has 38 heavy (non-hydrogen) atoms. The van der Waals surface area contributed by atoms with Crippen molar-refractivity contribution in [1.29, 1.82) is 0 Å². The molecule has 0 spiro atoms. The minimum absolute atomic E-state index is 0.349. The maximum Gasteiger partial charge on any atom is 0.181 e. The lowest BCUT2D eigenvalue weighted by Gasteiger charge is -2.12. The topological polar surface area (TPSA) is 137 Å². The van der Waals surface area contributed by atoms with Gasteiger partial charge in [-0.25, -0.2) is 14.4 Å². The van der Waals surface area contributed by atoms with Crippen LogP contribution < -0.4 is 11.1 Å². The Kier molecular flexibility index (Phi) is 5.89. The van der Waals surface area contributed by atoms with Gasteiger partial charge in [0.15, 0.2) is 11.5 Å². The number of hydrogen-bond acceptors (Lipinski definition) is 8. The maximum absolute atomic E-state index is 14.6. The molecule has 6 aromatic rings. The molecule has 5 N–H and O–H groups in total. The molecule has 10 nitrogen and oxygen atoms in total. The second-order valence-corrected chi connectivity index (χ2v) is 9.30. The van der Waals surface area contributed by atoms with E-state index in [0.717, 1.165) is 28.6 Å². The van der Waals surface area contributed by atoms with Crippen molar-refractivity contribution in [2.45, 2.75) is 0 Å². The fourth-order valence-electron chi connectivity index (χ4n) is 4.37. The third kappa shape index (κ3) is 4.50. The number of imidazole rings is 1. The monoisotopic (exact) mass is 508 g/mol. The minimum Gasteiger partial charge on any atom is -0.397 e. The number of anilines is 2. The van der Waals surface area contributed by atoms with Crippen LogP contribution in [0.1, 0.15) is 0 Å². The van der Waals surface area contributed by atoms with Gasteiger partial charge in [0.25, 0.3) is 0 Å². The van der Waals surface area contributed by atoms with E-state index in [-0.39, 0.29) is 5.82 Å². The molecule has 0 amide bonds. The molecule has 0 atom stereocenters. The largest absolute Gasteiger partial charge is 0.397 e. The van der Waals surface area contributed by atoms with Crippen molar-refractivity contribution in [2.24, 2.45) is 0 Å². The van der Waals surface area contributed by atoms with Crippen LogP contribution in [0.2, 0.25) is 0 Å². The predicted molar refractivity (Wildman–Crippen MR) is 147 cm³/mol. The lowest BCUT2D eigenvalue weighted by Crippen LogP contribution is -2.20. The molecule has 11 heteroatoms. The molecule has 0 fully saturated rings. The summed E-state index contributed by atoms with van der Waals surface area (Å²) < 4.78 is 14.6. The van der Waals surface area contributed by atoms with Gasteiger partial charge in [0.1, 0.15) is 17.0 Å². The van der Waals surface area contributed by atoms with Crippen LogP contribution in [0.5, 0.6) is 0 Å². The quantitative estimate of drug-likeness (QED) is 0.250. The van der Waals surface area contributed by atoms with E-state index in [1.807, 2.05) is 38.4 Å². The minimum atomic E-state index is -0.349. The van der Waals surface area contributed by atoms with Gasteiger partial charge in [0.05, 0.1) is 22.3 Å². The Hall–Kier alpha value is -4.90. The van der Waals surface area contributed by atoms with Crippen molar-refractivity contribution in [2.75, 3.05) is 38.2 Å².